The van der Waals surface area contributed by atoms with E-state index in [4.69, 9.17) is 14.2 Å². The summed E-state index contributed by atoms with van der Waals surface area (Å²) < 4.78 is 16.7. The van der Waals surface area contributed by atoms with Crippen molar-refractivity contribution >= 4 is 11.9 Å². The fourth-order valence-electron chi connectivity index (χ4n) is 6.04. The number of fused-ring (bicyclic) bond motifs is 3. The molecule has 0 aliphatic carbocycles. The molecule has 3 aromatic carbocycles. The maximum absolute atomic E-state index is 14.3. The van der Waals surface area contributed by atoms with Gasteiger partial charge in [-0.1, -0.05) is 54.1 Å². The van der Waals surface area contributed by atoms with Crippen molar-refractivity contribution in [3.05, 3.63) is 94.7 Å². The van der Waals surface area contributed by atoms with Gasteiger partial charge in [0.25, 0.3) is 0 Å². The summed E-state index contributed by atoms with van der Waals surface area (Å²) in [6, 6.07) is 22.1. The quantitative estimate of drug-likeness (QED) is 0.508. The highest BCUT2D eigenvalue weighted by molar-refractivity contribution is 6.00. The molecule has 1 unspecified atom stereocenters. The second kappa shape index (κ2) is 9.70. The summed E-state index contributed by atoms with van der Waals surface area (Å²) in [6.07, 6.45) is 3.89. The Balaban J connectivity index is 1.81. The van der Waals surface area contributed by atoms with Crippen LogP contribution < -0.4 is 19.1 Å². The average molecular weight is 507 g/mol. The minimum absolute atomic E-state index is 0.139. The van der Waals surface area contributed by atoms with Crippen LogP contribution in [0.5, 0.6) is 17.2 Å². The van der Waals surface area contributed by atoms with Crippen molar-refractivity contribution in [2.45, 2.75) is 24.9 Å². The lowest BCUT2D eigenvalue weighted by Gasteiger charge is -2.29. The van der Waals surface area contributed by atoms with Gasteiger partial charge in [-0.25, -0.2) is 0 Å². The van der Waals surface area contributed by atoms with Crippen molar-refractivity contribution in [2.75, 3.05) is 21.3 Å². The van der Waals surface area contributed by atoms with Gasteiger partial charge in [0.15, 0.2) is 23.6 Å². The third-order valence-electron chi connectivity index (χ3n) is 7.77. The third kappa shape index (κ3) is 3.63. The van der Waals surface area contributed by atoms with E-state index in [1.807, 2.05) is 55.6 Å². The van der Waals surface area contributed by atoms with Gasteiger partial charge >= 0.3 is 0 Å². The van der Waals surface area contributed by atoms with Gasteiger partial charge in [0.05, 0.1) is 45.6 Å². The molecule has 5 rings (SSSR count). The summed E-state index contributed by atoms with van der Waals surface area (Å²) in [4.78, 5) is 15.1. The third-order valence-corrected chi connectivity index (χ3v) is 7.77. The lowest BCUT2D eigenvalue weighted by molar-refractivity contribution is -0.885. The zero-order valence-corrected chi connectivity index (χ0v) is 21.7. The molecule has 0 amide bonds. The molecule has 2 aliphatic heterocycles. The molecule has 2 heterocycles. The SMILES string of the molecule is COc1cc([C@H]2[C@H](C(=O)c3ccc(C)cc3)[NH+]3C=Cc4ccccc4[C@H]3C2(C#N)C#N)cc(OC)c1OC. The first-order valence-electron chi connectivity index (χ1n) is 12.3. The Hall–Kier alpha value is -4.59. The second-order valence-corrected chi connectivity index (χ2v) is 9.63. The summed E-state index contributed by atoms with van der Waals surface area (Å²) in [6.45, 7) is 1.96. The van der Waals surface area contributed by atoms with Gasteiger partial charge in [0, 0.05) is 11.1 Å². The maximum atomic E-state index is 14.3. The Kier molecular flexibility index (Phi) is 6.40. The molecule has 4 atom stereocenters. The van der Waals surface area contributed by atoms with Crippen LogP contribution in [0.2, 0.25) is 0 Å². The van der Waals surface area contributed by atoms with Crippen molar-refractivity contribution in [1.82, 2.24) is 0 Å². The number of nitriles is 2. The topological polar surface area (TPSA) is 96.8 Å². The largest absolute Gasteiger partial charge is 0.493 e. The smallest absolute Gasteiger partial charge is 0.221 e. The summed E-state index contributed by atoms with van der Waals surface area (Å²) in [5.41, 5.74) is 2.40. The predicted octanol–water partition coefficient (Wildman–Crippen LogP) is 4.01. The molecule has 38 heavy (non-hydrogen) atoms. The predicted molar refractivity (Wildman–Crippen MR) is 141 cm³/mol. The number of hydrogen-bond acceptors (Lipinski definition) is 6. The molecule has 0 spiro atoms. The molecule has 0 radical (unpaired) electrons. The van der Waals surface area contributed by atoms with Crippen LogP contribution >= 0.6 is 0 Å². The van der Waals surface area contributed by atoms with Crippen LogP contribution in [0.3, 0.4) is 0 Å². The Bertz CT molecular complexity index is 1470. The summed E-state index contributed by atoms with van der Waals surface area (Å²) >= 11 is 0. The zero-order valence-electron chi connectivity index (χ0n) is 21.7. The van der Waals surface area contributed by atoms with E-state index in [2.05, 4.69) is 12.1 Å². The van der Waals surface area contributed by atoms with E-state index < -0.39 is 23.4 Å². The van der Waals surface area contributed by atoms with Crippen LogP contribution in [-0.2, 0) is 0 Å². The molecule has 190 valence electrons. The summed E-state index contributed by atoms with van der Waals surface area (Å²) in [5, 5.41) is 21.5. The Labute approximate surface area is 222 Å². The van der Waals surface area contributed by atoms with Crippen molar-refractivity contribution in [3.63, 3.8) is 0 Å². The molecule has 1 N–H and O–H groups in total. The number of nitrogens with zero attached hydrogens (tertiary/aromatic N) is 2. The number of aryl methyl sites for hydroxylation is 1. The highest BCUT2D eigenvalue weighted by atomic mass is 16.5. The van der Waals surface area contributed by atoms with Gasteiger partial charge in [-0.2, -0.15) is 10.5 Å². The number of Topliss-reactive ketones (excluding diaryl/α,β-unsaturated/α-hetero) is 1. The molecule has 2 aliphatic rings. The lowest BCUT2D eigenvalue weighted by Crippen LogP contribution is -3.11. The van der Waals surface area contributed by atoms with E-state index in [-0.39, 0.29) is 5.78 Å². The number of ether oxygens (including phenoxy) is 3. The molecule has 0 aromatic heterocycles. The minimum Gasteiger partial charge on any atom is -0.493 e. The van der Waals surface area contributed by atoms with E-state index in [1.54, 1.807) is 24.3 Å². The van der Waals surface area contributed by atoms with Gasteiger partial charge in [-0.15, -0.1) is 0 Å². The van der Waals surface area contributed by atoms with Gasteiger partial charge < -0.3 is 14.2 Å². The van der Waals surface area contributed by atoms with Gasteiger partial charge in [-0.05, 0) is 36.3 Å². The molecule has 7 nitrogen and oxygen atoms in total. The number of nitrogens with one attached hydrogen (secondary N) is 1. The molecule has 3 aromatic rings. The monoisotopic (exact) mass is 506 g/mol. The zero-order chi connectivity index (χ0) is 27.0. The normalized spacial score (nSPS) is 22.4. The number of ketones is 1. The van der Waals surface area contributed by atoms with Gasteiger partial charge in [-0.3, -0.25) is 9.69 Å². The highest BCUT2D eigenvalue weighted by Crippen LogP contribution is 2.53. The molecular formula is C31H28N3O4+. The number of benzene rings is 3. The van der Waals surface area contributed by atoms with Crippen molar-refractivity contribution in [1.29, 1.82) is 10.5 Å². The molecule has 0 saturated carbocycles. The van der Waals surface area contributed by atoms with Gasteiger partial charge in [0.2, 0.25) is 16.9 Å². The standard InChI is InChI=1S/C31H27N3O4/c1-19-9-11-21(12-10-19)28(35)27-26(22-15-24(36-2)29(38-4)25(16-22)37-3)31(17-32,18-33)30-23-8-6-5-7-20(23)13-14-34(27)30/h5-16,26-27,30H,1-4H3/p+1/t26-,27+,30-/m0/s1. The van der Waals surface area contributed by atoms with E-state index in [9.17, 15) is 15.3 Å². The fraction of sp³-hybridized carbons (Fsp3) is 0.258. The highest BCUT2D eigenvalue weighted by Gasteiger charge is 2.68. The first-order valence-corrected chi connectivity index (χ1v) is 12.3. The fourth-order valence-corrected chi connectivity index (χ4v) is 6.04. The maximum Gasteiger partial charge on any atom is 0.221 e. The number of carbonyl (C=O) groups is 1. The van der Waals surface area contributed by atoms with E-state index in [1.165, 1.54) is 21.3 Å². The average Bonchev–Trinajstić information content (AvgIpc) is 3.27. The van der Waals surface area contributed by atoms with Crippen LogP contribution in [0.1, 0.15) is 44.6 Å². The van der Waals surface area contributed by atoms with Crippen molar-refractivity contribution in [3.8, 4) is 29.4 Å². The van der Waals surface area contributed by atoms with E-state index in [0.717, 1.165) is 21.6 Å². The molecule has 7 heteroatoms. The van der Waals surface area contributed by atoms with E-state index in [0.29, 0.717) is 28.4 Å². The Morgan fingerprint density at radius 2 is 1.55 bits per heavy atom. The van der Waals surface area contributed by atoms with Crippen LogP contribution in [0.25, 0.3) is 6.08 Å². The molecule has 1 saturated heterocycles. The van der Waals surface area contributed by atoms with Crippen LogP contribution in [-0.4, -0.2) is 33.2 Å². The van der Waals surface area contributed by atoms with E-state index >= 15 is 0 Å². The van der Waals surface area contributed by atoms with Crippen molar-refractivity contribution in [2.24, 2.45) is 5.41 Å². The first kappa shape index (κ1) is 25.1. The molecule has 0 bridgehead atoms. The Morgan fingerprint density at radius 3 is 2.13 bits per heavy atom. The summed E-state index contributed by atoms with van der Waals surface area (Å²) in [5.74, 6) is 0.247. The number of quaternary nitrogens is 1. The van der Waals surface area contributed by atoms with Crippen LogP contribution in [0, 0.1) is 35.0 Å². The lowest BCUT2D eigenvalue weighted by atomic mass is 9.67. The second-order valence-electron chi connectivity index (χ2n) is 9.63. The summed E-state index contributed by atoms with van der Waals surface area (Å²) in [7, 11) is 4.54. The van der Waals surface area contributed by atoms with Crippen LogP contribution in [0.4, 0.5) is 0 Å². The number of rotatable bonds is 6. The number of carbonyl (C=O) groups excluding carboxylic acids is 1. The van der Waals surface area contributed by atoms with Gasteiger partial charge in [0.1, 0.15) is 0 Å². The Morgan fingerprint density at radius 1 is 0.921 bits per heavy atom. The number of methoxy groups -OCH3 is 3. The first-order chi connectivity index (χ1) is 18.4. The molecular weight excluding hydrogens is 478 g/mol. The number of hydrogen-bond donors (Lipinski definition) is 1. The van der Waals surface area contributed by atoms with Crippen LogP contribution in [0.15, 0.2) is 66.9 Å². The molecule has 1 fully saturated rings. The van der Waals surface area contributed by atoms with Crippen molar-refractivity contribution < 1.29 is 23.9 Å². The minimum atomic E-state index is -1.56.